The minimum Gasteiger partial charge on any atom is -0.395 e. The van der Waals surface area contributed by atoms with Crippen molar-refractivity contribution in [1.29, 1.82) is 0 Å². The summed E-state index contributed by atoms with van der Waals surface area (Å²) in [5.41, 5.74) is 0.302. The molecule has 0 aromatic heterocycles. The molecule has 18 heavy (non-hydrogen) atoms. The summed E-state index contributed by atoms with van der Waals surface area (Å²) in [5.74, 6) is -0.338. The minimum atomic E-state index is -2.55. The summed E-state index contributed by atoms with van der Waals surface area (Å²) in [6, 6.07) is 6.45. The Labute approximate surface area is 109 Å². The summed E-state index contributed by atoms with van der Waals surface area (Å²) in [6.45, 7) is -0.978. The average Bonchev–Trinajstić information content (AvgIpc) is 2.28. The lowest BCUT2D eigenvalue weighted by atomic mass is 10.1. The second-order valence-corrected chi connectivity index (χ2v) is 4.16. The maximum absolute atomic E-state index is 12.3. The van der Waals surface area contributed by atoms with Crippen molar-refractivity contribution in [2.45, 2.75) is 6.43 Å². The van der Waals surface area contributed by atoms with Gasteiger partial charge in [-0.25, -0.2) is 8.78 Å². The Bertz CT molecular complexity index is 401. The minimum absolute atomic E-state index is 0.0283. The van der Waals surface area contributed by atoms with Gasteiger partial charge in [0.2, 0.25) is 0 Å². The number of ketones is 1. The highest BCUT2D eigenvalue weighted by molar-refractivity contribution is 6.34. The van der Waals surface area contributed by atoms with Crippen LogP contribution >= 0.6 is 11.6 Å². The number of aliphatic hydroxyl groups is 1. The molecule has 0 aliphatic carbocycles. The van der Waals surface area contributed by atoms with Crippen LogP contribution in [0.3, 0.4) is 0 Å². The molecule has 6 heteroatoms. The van der Waals surface area contributed by atoms with Crippen molar-refractivity contribution in [2.75, 3.05) is 26.2 Å². The van der Waals surface area contributed by atoms with E-state index in [0.29, 0.717) is 10.6 Å². The quantitative estimate of drug-likeness (QED) is 0.776. The number of carbonyl (C=O) groups excluding carboxylic acids is 1. The Balaban J connectivity index is 2.69. The number of carbonyl (C=O) groups is 1. The summed E-state index contributed by atoms with van der Waals surface area (Å²) in [7, 11) is 0. The van der Waals surface area contributed by atoms with Gasteiger partial charge in [-0.05, 0) is 12.1 Å². The zero-order valence-corrected chi connectivity index (χ0v) is 10.4. The van der Waals surface area contributed by atoms with Crippen molar-refractivity contribution in [3.05, 3.63) is 34.9 Å². The first kappa shape index (κ1) is 15.0. The van der Waals surface area contributed by atoms with Gasteiger partial charge in [0, 0.05) is 12.1 Å². The summed E-state index contributed by atoms with van der Waals surface area (Å²) in [6.07, 6.45) is -2.55. The number of aliphatic hydroxyl groups excluding tert-OH is 1. The molecule has 1 aromatic rings. The van der Waals surface area contributed by atoms with Gasteiger partial charge in [0.05, 0.1) is 24.7 Å². The molecular weight excluding hydrogens is 264 g/mol. The second-order valence-electron chi connectivity index (χ2n) is 3.75. The molecule has 0 saturated carbocycles. The zero-order chi connectivity index (χ0) is 13.5. The molecule has 0 saturated heterocycles. The summed E-state index contributed by atoms with van der Waals surface area (Å²) >= 11 is 5.85. The van der Waals surface area contributed by atoms with E-state index in [4.69, 9.17) is 16.7 Å². The molecule has 3 nitrogen and oxygen atoms in total. The summed E-state index contributed by atoms with van der Waals surface area (Å²) < 4.78 is 24.6. The highest BCUT2D eigenvalue weighted by atomic mass is 35.5. The highest BCUT2D eigenvalue weighted by Crippen LogP contribution is 2.16. The van der Waals surface area contributed by atoms with Gasteiger partial charge in [0.1, 0.15) is 0 Å². The van der Waals surface area contributed by atoms with Crippen molar-refractivity contribution >= 4 is 17.4 Å². The molecule has 0 radical (unpaired) electrons. The standard InChI is InChI=1S/C12H14ClF2NO2/c13-10-4-2-1-3-9(10)11(18)7-16(5-6-17)8-12(14)15/h1-4,12,17H,5-8H2. The van der Waals surface area contributed by atoms with Crippen molar-refractivity contribution in [3.8, 4) is 0 Å². The molecule has 0 amide bonds. The first-order valence-corrected chi connectivity index (χ1v) is 5.81. The Hall–Kier alpha value is -1.04. The molecule has 0 aliphatic heterocycles. The highest BCUT2D eigenvalue weighted by Gasteiger charge is 2.17. The van der Waals surface area contributed by atoms with E-state index < -0.39 is 13.0 Å². The lowest BCUT2D eigenvalue weighted by Crippen LogP contribution is -2.36. The van der Waals surface area contributed by atoms with Gasteiger partial charge in [-0.2, -0.15) is 0 Å². The van der Waals surface area contributed by atoms with Crippen molar-refractivity contribution in [1.82, 2.24) is 4.90 Å². The molecule has 0 spiro atoms. The van der Waals surface area contributed by atoms with Gasteiger partial charge >= 0.3 is 0 Å². The van der Waals surface area contributed by atoms with E-state index in [-0.39, 0.29) is 25.5 Å². The van der Waals surface area contributed by atoms with Gasteiger partial charge in [0.25, 0.3) is 6.43 Å². The molecule has 0 heterocycles. The monoisotopic (exact) mass is 277 g/mol. The Morgan fingerprint density at radius 2 is 2.06 bits per heavy atom. The van der Waals surface area contributed by atoms with E-state index in [1.807, 2.05) is 0 Å². The Morgan fingerprint density at radius 3 is 2.61 bits per heavy atom. The number of rotatable bonds is 7. The number of Topliss-reactive ketones (excluding diaryl/α,β-unsaturated/α-hetero) is 1. The van der Waals surface area contributed by atoms with E-state index in [2.05, 4.69) is 0 Å². The molecule has 0 bridgehead atoms. The molecule has 0 atom stereocenters. The Morgan fingerprint density at radius 1 is 1.39 bits per heavy atom. The lowest BCUT2D eigenvalue weighted by molar-refractivity contribution is 0.0689. The van der Waals surface area contributed by atoms with E-state index in [1.165, 1.54) is 4.90 Å². The van der Waals surface area contributed by atoms with Gasteiger partial charge in [-0.1, -0.05) is 23.7 Å². The number of benzene rings is 1. The first-order chi connectivity index (χ1) is 8.54. The van der Waals surface area contributed by atoms with Crippen LogP contribution in [0.4, 0.5) is 8.78 Å². The fourth-order valence-corrected chi connectivity index (χ4v) is 1.79. The largest absolute Gasteiger partial charge is 0.395 e. The molecule has 0 aliphatic rings. The van der Waals surface area contributed by atoms with Crippen LogP contribution in [0, 0.1) is 0 Å². The van der Waals surface area contributed by atoms with Crippen molar-refractivity contribution in [3.63, 3.8) is 0 Å². The molecule has 0 unspecified atom stereocenters. The fraction of sp³-hybridized carbons (Fsp3) is 0.417. The van der Waals surface area contributed by atoms with Crippen molar-refractivity contribution in [2.24, 2.45) is 0 Å². The second kappa shape index (κ2) is 7.41. The molecule has 1 aromatic carbocycles. The van der Waals surface area contributed by atoms with Gasteiger partial charge in [-0.3, -0.25) is 9.69 Å². The SMILES string of the molecule is O=C(CN(CCO)CC(F)F)c1ccccc1Cl. The lowest BCUT2D eigenvalue weighted by Gasteiger charge is -2.20. The van der Waals surface area contributed by atoms with Crippen LogP contribution in [0.2, 0.25) is 5.02 Å². The van der Waals surface area contributed by atoms with Crippen LogP contribution < -0.4 is 0 Å². The number of nitrogens with zero attached hydrogens (tertiary/aromatic N) is 1. The summed E-state index contributed by atoms with van der Waals surface area (Å²) in [5, 5.41) is 9.06. The topological polar surface area (TPSA) is 40.5 Å². The third-order valence-corrected chi connectivity index (χ3v) is 2.68. The fourth-order valence-electron chi connectivity index (χ4n) is 1.55. The van der Waals surface area contributed by atoms with E-state index >= 15 is 0 Å². The number of alkyl halides is 2. The number of hydrogen-bond donors (Lipinski definition) is 1. The predicted octanol–water partition coefficient (Wildman–Crippen LogP) is 2.08. The first-order valence-electron chi connectivity index (χ1n) is 5.43. The van der Waals surface area contributed by atoms with Gasteiger partial charge < -0.3 is 5.11 Å². The number of halogens is 3. The van der Waals surface area contributed by atoms with Crippen LogP contribution in [0.15, 0.2) is 24.3 Å². The molecule has 1 rings (SSSR count). The third kappa shape index (κ3) is 4.68. The van der Waals surface area contributed by atoms with E-state index in [9.17, 15) is 13.6 Å². The third-order valence-electron chi connectivity index (χ3n) is 2.35. The Kier molecular flexibility index (Phi) is 6.18. The molecule has 0 fully saturated rings. The molecule has 1 N–H and O–H groups in total. The normalized spacial score (nSPS) is 11.2. The van der Waals surface area contributed by atoms with Crippen LogP contribution in [0.1, 0.15) is 10.4 Å². The van der Waals surface area contributed by atoms with Crippen molar-refractivity contribution < 1.29 is 18.7 Å². The maximum Gasteiger partial charge on any atom is 0.251 e. The van der Waals surface area contributed by atoms with Crippen LogP contribution in [-0.4, -0.2) is 48.5 Å². The van der Waals surface area contributed by atoms with E-state index in [0.717, 1.165) is 0 Å². The van der Waals surface area contributed by atoms with E-state index in [1.54, 1.807) is 24.3 Å². The summed E-state index contributed by atoms with van der Waals surface area (Å²) in [4.78, 5) is 13.1. The molecule has 100 valence electrons. The smallest absolute Gasteiger partial charge is 0.251 e. The molecular formula is C12H14ClF2NO2. The van der Waals surface area contributed by atoms with Crippen LogP contribution in [0.5, 0.6) is 0 Å². The number of hydrogen-bond acceptors (Lipinski definition) is 3. The maximum atomic E-state index is 12.3. The van der Waals surface area contributed by atoms with Gasteiger partial charge in [-0.15, -0.1) is 0 Å². The van der Waals surface area contributed by atoms with Crippen LogP contribution in [-0.2, 0) is 0 Å². The van der Waals surface area contributed by atoms with Gasteiger partial charge in [0.15, 0.2) is 5.78 Å². The average molecular weight is 278 g/mol. The predicted molar refractivity (Wildman–Crippen MR) is 65.3 cm³/mol. The zero-order valence-electron chi connectivity index (χ0n) is 9.65. The van der Waals surface area contributed by atoms with Crippen LogP contribution in [0.25, 0.3) is 0 Å².